The molecular formula is C14H14O4. The van der Waals surface area contributed by atoms with E-state index in [-0.39, 0.29) is 11.4 Å². The molecule has 0 saturated heterocycles. The average Bonchev–Trinajstić information content (AvgIpc) is 2.74. The van der Waals surface area contributed by atoms with Crippen LogP contribution in [0.2, 0.25) is 0 Å². The molecule has 2 aromatic rings. The Morgan fingerprint density at radius 2 is 2.11 bits per heavy atom. The highest BCUT2D eigenvalue weighted by atomic mass is 16.5. The van der Waals surface area contributed by atoms with Gasteiger partial charge in [-0.3, -0.25) is 0 Å². The number of aryl methyl sites for hydroxylation is 1. The molecule has 0 amide bonds. The van der Waals surface area contributed by atoms with Gasteiger partial charge in [0, 0.05) is 22.9 Å². The number of carbonyl (C=O) groups is 1. The molecule has 0 fully saturated rings. The Balaban J connectivity index is 2.30. The fraction of sp³-hybridized carbons (Fsp3) is 0.357. The molecule has 1 N–H and O–H groups in total. The summed E-state index contributed by atoms with van der Waals surface area (Å²) < 4.78 is 11.3. The van der Waals surface area contributed by atoms with E-state index in [4.69, 9.17) is 14.3 Å². The topological polar surface area (TPSA) is 59.7 Å². The number of ether oxygens (including phenoxy) is 1. The zero-order valence-electron chi connectivity index (χ0n) is 10.5. The number of carboxylic acids is 1. The summed E-state index contributed by atoms with van der Waals surface area (Å²) in [7, 11) is 0. The van der Waals surface area contributed by atoms with Crippen LogP contribution >= 0.6 is 0 Å². The number of furan rings is 1. The number of hydrogen-bond acceptors (Lipinski definition) is 3. The molecule has 0 bridgehead atoms. The second kappa shape index (κ2) is 3.28. The number of benzene rings is 1. The van der Waals surface area contributed by atoms with Crippen LogP contribution in [-0.2, 0) is 6.42 Å². The van der Waals surface area contributed by atoms with Gasteiger partial charge < -0.3 is 14.3 Å². The van der Waals surface area contributed by atoms with Gasteiger partial charge in [-0.05, 0) is 20.8 Å². The van der Waals surface area contributed by atoms with Crippen molar-refractivity contribution < 1.29 is 19.1 Å². The highest BCUT2D eigenvalue weighted by Gasteiger charge is 2.33. The van der Waals surface area contributed by atoms with Gasteiger partial charge in [0.2, 0.25) is 5.76 Å². The van der Waals surface area contributed by atoms with Crippen molar-refractivity contribution in [2.75, 3.05) is 0 Å². The Bertz CT molecular complexity index is 664. The highest BCUT2D eigenvalue weighted by Crippen LogP contribution is 2.42. The molecule has 0 spiro atoms. The predicted molar refractivity (Wildman–Crippen MR) is 66.3 cm³/mol. The van der Waals surface area contributed by atoms with E-state index in [1.807, 2.05) is 26.0 Å². The van der Waals surface area contributed by atoms with Crippen LogP contribution in [0.15, 0.2) is 16.5 Å². The third-order valence-electron chi connectivity index (χ3n) is 3.33. The van der Waals surface area contributed by atoms with Crippen LogP contribution < -0.4 is 4.74 Å². The van der Waals surface area contributed by atoms with Crippen LogP contribution in [0.25, 0.3) is 11.0 Å². The molecule has 3 rings (SSSR count). The van der Waals surface area contributed by atoms with Crippen molar-refractivity contribution in [1.29, 1.82) is 0 Å². The van der Waals surface area contributed by atoms with Gasteiger partial charge in [0.05, 0.1) is 0 Å². The quantitative estimate of drug-likeness (QED) is 0.839. The van der Waals surface area contributed by atoms with Crippen molar-refractivity contribution in [3.05, 3.63) is 29.0 Å². The lowest BCUT2D eigenvalue weighted by Gasteiger charge is -2.16. The van der Waals surface area contributed by atoms with E-state index in [0.29, 0.717) is 16.9 Å². The summed E-state index contributed by atoms with van der Waals surface area (Å²) in [6, 6.07) is 3.89. The summed E-state index contributed by atoms with van der Waals surface area (Å²) >= 11 is 0. The lowest BCUT2D eigenvalue weighted by molar-refractivity contribution is 0.0663. The largest absolute Gasteiger partial charge is 0.483 e. The molecule has 4 heteroatoms. The first-order valence-corrected chi connectivity index (χ1v) is 5.86. The maximum absolute atomic E-state index is 11.1. The standard InChI is InChI=1S/C14H14O4/c1-7-9-5-4-8-6-14(2,3)18-11(8)12(9)17-10(7)13(15)16/h4-5H,6H2,1-3H3,(H,15,16). The summed E-state index contributed by atoms with van der Waals surface area (Å²) in [4.78, 5) is 11.1. The summed E-state index contributed by atoms with van der Waals surface area (Å²) in [5.74, 6) is -0.366. The molecule has 94 valence electrons. The smallest absolute Gasteiger partial charge is 0.372 e. The minimum Gasteiger partial charge on any atom is -0.483 e. The second-order valence-electron chi connectivity index (χ2n) is 5.33. The SMILES string of the molecule is Cc1c(C(=O)O)oc2c3c(ccc12)CC(C)(C)O3. The lowest BCUT2D eigenvalue weighted by Crippen LogP contribution is -2.24. The van der Waals surface area contributed by atoms with Gasteiger partial charge in [-0.1, -0.05) is 12.1 Å². The van der Waals surface area contributed by atoms with Gasteiger partial charge in [0.25, 0.3) is 0 Å². The molecule has 1 aliphatic rings. The predicted octanol–water partition coefficient (Wildman–Crippen LogP) is 3.15. The fourth-order valence-corrected chi connectivity index (χ4v) is 2.53. The number of rotatable bonds is 1. The van der Waals surface area contributed by atoms with Crippen molar-refractivity contribution in [3.63, 3.8) is 0 Å². The summed E-state index contributed by atoms with van der Waals surface area (Å²) in [5, 5.41) is 9.89. The molecule has 0 saturated carbocycles. The first-order valence-electron chi connectivity index (χ1n) is 5.86. The van der Waals surface area contributed by atoms with Crippen molar-refractivity contribution in [2.24, 2.45) is 0 Å². The summed E-state index contributed by atoms with van der Waals surface area (Å²) in [5.41, 5.74) is 2.00. The van der Waals surface area contributed by atoms with E-state index in [2.05, 4.69) is 0 Å². The zero-order valence-corrected chi connectivity index (χ0v) is 10.5. The number of carboxylic acid groups (broad SMARTS) is 1. The first-order chi connectivity index (χ1) is 8.39. The first kappa shape index (κ1) is 11.1. The molecule has 0 radical (unpaired) electrons. The summed E-state index contributed by atoms with van der Waals surface area (Å²) in [6.45, 7) is 5.77. The van der Waals surface area contributed by atoms with Crippen molar-refractivity contribution in [2.45, 2.75) is 32.8 Å². The molecule has 0 unspecified atom stereocenters. The van der Waals surface area contributed by atoms with Crippen LogP contribution in [-0.4, -0.2) is 16.7 Å². The average molecular weight is 246 g/mol. The third-order valence-corrected chi connectivity index (χ3v) is 3.33. The minimum absolute atomic E-state index is 0.00768. The highest BCUT2D eigenvalue weighted by molar-refractivity contribution is 5.97. The lowest BCUT2D eigenvalue weighted by atomic mass is 10.0. The molecular weight excluding hydrogens is 232 g/mol. The van der Waals surface area contributed by atoms with E-state index >= 15 is 0 Å². The van der Waals surface area contributed by atoms with E-state index in [1.165, 1.54) is 0 Å². The summed E-state index contributed by atoms with van der Waals surface area (Å²) in [6.07, 6.45) is 0.806. The van der Waals surface area contributed by atoms with Gasteiger partial charge in [-0.2, -0.15) is 0 Å². The van der Waals surface area contributed by atoms with Crippen LogP contribution in [0.5, 0.6) is 5.75 Å². The van der Waals surface area contributed by atoms with Crippen LogP contribution in [0.4, 0.5) is 0 Å². The maximum Gasteiger partial charge on any atom is 0.372 e. The van der Waals surface area contributed by atoms with Gasteiger partial charge >= 0.3 is 5.97 Å². The molecule has 0 aliphatic carbocycles. The van der Waals surface area contributed by atoms with Crippen LogP contribution in [0.1, 0.15) is 35.5 Å². The zero-order chi connectivity index (χ0) is 13.1. The monoisotopic (exact) mass is 246 g/mol. The molecule has 2 heterocycles. The van der Waals surface area contributed by atoms with Gasteiger partial charge in [-0.15, -0.1) is 0 Å². The second-order valence-corrected chi connectivity index (χ2v) is 5.33. The molecule has 18 heavy (non-hydrogen) atoms. The maximum atomic E-state index is 11.1. The molecule has 4 nitrogen and oxygen atoms in total. The molecule has 1 aliphatic heterocycles. The van der Waals surface area contributed by atoms with Gasteiger partial charge in [-0.25, -0.2) is 4.79 Å². The van der Waals surface area contributed by atoms with Crippen LogP contribution in [0.3, 0.4) is 0 Å². The Morgan fingerprint density at radius 1 is 1.39 bits per heavy atom. The fourth-order valence-electron chi connectivity index (χ4n) is 2.53. The van der Waals surface area contributed by atoms with E-state index < -0.39 is 5.97 Å². The third kappa shape index (κ3) is 1.41. The van der Waals surface area contributed by atoms with Crippen molar-refractivity contribution >= 4 is 16.9 Å². The number of fused-ring (bicyclic) bond motifs is 3. The molecule has 1 aromatic heterocycles. The Hall–Kier alpha value is -1.97. The number of aromatic carboxylic acids is 1. The Morgan fingerprint density at radius 3 is 2.78 bits per heavy atom. The van der Waals surface area contributed by atoms with Gasteiger partial charge in [0.15, 0.2) is 11.3 Å². The molecule has 1 aromatic carbocycles. The Kier molecular flexibility index (Phi) is 2.03. The Labute approximate surface area is 104 Å². The van der Waals surface area contributed by atoms with E-state index in [9.17, 15) is 4.79 Å². The van der Waals surface area contributed by atoms with Crippen molar-refractivity contribution in [3.8, 4) is 5.75 Å². The van der Waals surface area contributed by atoms with E-state index in [0.717, 1.165) is 17.4 Å². The minimum atomic E-state index is -1.05. The molecule has 0 atom stereocenters. The van der Waals surface area contributed by atoms with Crippen molar-refractivity contribution in [1.82, 2.24) is 0 Å². The number of hydrogen-bond donors (Lipinski definition) is 1. The van der Waals surface area contributed by atoms with E-state index in [1.54, 1.807) is 6.92 Å². The normalized spacial score (nSPS) is 16.6. The van der Waals surface area contributed by atoms with Gasteiger partial charge in [0.1, 0.15) is 5.60 Å². The van der Waals surface area contributed by atoms with Crippen LogP contribution in [0, 0.1) is 6.92 Å².